The molecule has 122 valence electrons. The third-order valence-electron chi connectivity index (χ3n) is 3.58. The maximum atomic E-state index is 12.0. The van der Waals surface area contributed by atoms with Crippen LogP contribution in [0.5, 0.6) is 5.75 Å². The highest BCUT2D eigenvalue weighted by Gasteiger charge is 2.06. The molecule has 0 fully saturated rings. The molecule has 0 aliphatic rings. The molecule has 0 saturated heterocycles. The van der Waals surface area contributed by atoms with Crippen LogP contribution in [0, 0.1) is 0 Å². The van der Waals surface area contributed by atoms with Gasteiger partial charge in [0.2, 0.25) is 5.91 Å². The molecular weight excluding hydrogens is 288 g/mol. The number of carbonyl (C=O) groups excluding carboxylic acids is 1. The van der Waals surface area contributed by atoms with Gasteiger partial charge in [0.25, 0.3) is 0 Å². The number of rotatable bonds is 8. The number of likely N-dealkylation sites (N-methyl/N-ethyl adjacent to an activating group) is 1. The van der Waals surface area contributed by atoms with Crippen molar-refractivity contribution in [3.8, 4) is 5.75 Å². The van der Waals surface area contributed by atoms with Gasteiger partial charge in [0.05, 0.1) is 13.7 Å². The Labute approximate surface area is 138 Å². The fraction of sp³-hybridized carbons (Fsp3) is 0.316. The fourth-order valence-corrected chi connectivity index (χ4v) is 2.43. The van der Waals surface area contributed by atoms with E-state index >= 15 is 0 Å². The lowest BCUT2D eigenvalue weighted by atomic mass is 10.1. The van der Waals surface area contributed by atoms with E-state index in [1.165, 1.54) is 5.56 Å². The standard InChI is InChI=1S/C19H24N2O2/c1-21(14-17-7-4-3-5-8-17)15-19(22)20-12-11-16-9-6-10-18(13-16)23-2/h3-10,13H,11-12,14-15H2,1-2H3,(H,20,22). The Morgan fingerprint density at radius 3 is 2.57 bits per heavy atom. The summed E-state index contributed by atoms with van der Waals surface area (Å²) in [6, 6.07) is 18.1. The zero-order chi connectivity index (χ0) is 16.5. The Morgan fingerprint density at radius 1 is 1.09 bits per heavy atom. The van der Waals surface area contributed by atoms with Gasteiger partial charge in [0.15, 0.2) is 0 Å². The molecule has 0 unspecified atom stereocenters. The van der Waals surface area contributed by atoms with Crippen LogP contribution in [0.15, 0.2) is 54.6 Å². The minimum absolute atomic E-state index is 0.0475. The highest BCUT2D eigenvalue weighted by Crippen LogP contribution is 2.12. The molecule has 0 aliphatic carbocycles. The number of carbonyl (C=O) groups is 1. The molecule has 23 heavy (non-hydrogen) atoms. The Morgan fingerprint density at radius 2 is 1.83 bits per heavy atom. The van der Waals surface area contributed by atoms with Crippen molar-refractivity contribution < 1.29 is 9.53 Å². The molecule has 0 bridgehead atoms. The maximum absolute atomic E-state index is 12.0. The van der Waals surface area contributed by atoms with E-state index in [0.717, 1.165) is 24.3 Å². The van der Waals surface area contributed by atoms with E-state index in [1.54, 1.807) is 7.11 Å². The quantitative estimate of drug-likeness (QED) is 0.814. The number of methoxy groups -OCH3 is 1. The number of hydrogen-bond acceptors (Lipinski definition) is 3. The summed E-state index contributed by atoms with van der Waals surface area (Å²) in [4.78, 5) is 14.0. The lowest BCUT2D eigenvalue weighted by Gasteiger charge is -2.16. The van der Waals surface area contributed by atoms with Crippen LogP contribution in [0.25, 0.3) is 0 Å². The second kappa shape index (κ2) is 8.96. The van der Waals surface area contributed by atoms with Gasteiger partial charge in [-0.1, -0.05) is 42.5 Å². The molecule has 2 aromatic rings. The molecule has 4 nitrogen and oxygen atoms in total. The second-order valence-corrected chi connectivity index (χ2v) is 5.61. The van der Waals surface area contributed by atoms with Crippen molar-refractivity contribution >= 4 is 5.91 Å². The van der Waals surface area contributed by atoms with E-state index in [-0.39, 0.29) is 5.91 Å². The first-order valence-electron chi connectivity index (χ1n) is 7.79. The SMILES string of the molecule is COc1cccc(CCNC(=O)CN(C)Cc2ccccc2)c1. The van der Waals surface area contributed by atoms with Gasteiger partial charge < -0.3 is 10.1 Å². The minimum Gasteiger partial charge on any atom is -0.497 e. The van der Waals surface area contributed by atoms with E-state index in [4.69, 9.17) is 4.74 Å². The highest BCUT2D eigenvalue weighted by atomic mass is 16.5. The number of hydrogen-bond donors (Lipinski definition) is 1. The first-order chi connectivity index (χ1) is 11.2. The molecule has 0 saturated carbocycles. The van der Waals surface area contributed by atoms with Gasteiger partial charge in [0.1, 0.15) is 5.75 Å². The smallest absolute Gasteiger partial charge is 0.234 e. The molecule has 0 spiro atoms. The van der Waals surface area contributed by atoms with Crippen molar-refractivity contribution in [1.82, 2.24) is 10.2 Å². The van der Waals surface area contributed by atoms with Crippen molar-refractivity contribution in [2.75, 3.05) is 27.2 Å². The summed E-state index contributed by atoms with van der Waals surface area (Å²) in [6.45, 7) is 1.79. The summed E-state index contributed by atoms with van der Waals surface area (Å²) in [5.41, 5.74) is 2.36. The van der Waals surface area contributed by atoms with Gasteiger partial charge in [-0.25, -0.2) is 0 Å². The molecule has 0 aliphatic heterocycles. The molecule has 0 atom stereocenters. The largest absolute Gasteiger partial charge is 0.497 e. The van der Waals surface area contributed by atoms with Crippen LogP contribution in [-0.4, -0.2) is 38.1 Å². The summed E-state index contributed by atoms with van der Waals surface area (Å²) in [5.74, 6) is 0.891. The van der Waals surface area contributed by atoms with Crippen LogP contribution in [0.2, 0.25) is 0 Å². The summed E-state index contributed by atoms with van der Waals surface area (Å²) < 4.78 is 5.20. The maximum Gasteiger partial charge on any atom is 0.234 e. The molecule has 1 amide bonds. The summed E-state index contributed by atoms with van der Waals surface area (Å²) in [5, 5.41) is 2.96. The Kier molecular flexibility index (Phi) is 6.63. The van der Waals surface area contributed by atoms with Crippen molar-refractivity contribution in [2.45, 2.75) is 13.0 Å². The third-order valence-corrected chi connectivity index (χ3v) is 3.58. The van der Waals surface area contributed by atoms with Gasteiger partial charge in [-0.15, -0.1) is 0 Å². The molecule has 0 heterocycles. The van der Waals surface area contributed by atoms with Gasteiger partial charge in [0, 0.05) is 13.1 Å². The van der Waals surface area contributed by atoms with Crippen molar-refractivity contribution in [3.63, 3.8) is 0 Å². The van der Waals surface area contributed by atoms with Crippen molar-refractivity contribution in [2.24, 2.45) is 0 Å². The molecule has 2 aromatic carbocycles. The van der Waals surface area contributed by atoms with E-state index in [1.807, 2.05) is 54.4 Å². The fourth-order valence-electron chi connectivity index (χ4n) is 2.43. The lowest BCUT2D eigenvalue weighted by Crippen LogP contribution is -2.35. The van der Waals surface area contributed by atoms with Crippen LogP contribution in [0.1, 0.15) is 11.1 Å². The van der Waals surface area contributed by atoms with Crippen LogP contribution in [-0.2, 0) is 17.8 Å². The predicted octanol–water partition coefficient (Wildman–Crippen LogP) is 2.49. The third kappa shape index (κ3) is 6.12. The number of benzene rings is 2. The first kappa shape index (κ1) is 17.0. The molecule has 4 heteroatoms. The van der Waals surface area contributed by atoms with E-state index in [9.17, 15) is 4.79 Å². The number of nitrogens with zero attached hydrogens (tertiary/aromatic N) is 1. The summed E-state index contributed by atoms with van der Waals surface area (Å²) in [6.07, 6.45) is 0.797. The Hall–Kier alpha value is -2.33. The topological polar surface area (TPSA) is 41.6 Å². The molecule has 2 rings (SSSR count). The van der Waals surface area contributed by atoms with Crippen molar-refractivity contribution in [1.29, 1.82) is 0 Å². The van der Waals surface area contributed by atoms with Crippen LogP contribution in [0.4, 0.5) is 0 Å². The Balaban J connectivity index is 1.70. The second-order valence-electron chi connectivity index (χ2n) is 5.61. The highest BCUT2D eigenvalue weighted by molar-refractivity contribution is 5.77. The Bertz CT molecular complexity index is 614. The zero-order valence-corrected chi connectivity index (χ0v) is 13.8. The number of nitrogens with one attached hydrogen (secondary N) is 1. The zero-order valence-electron chi connectivity index (χ0n) is 13.8. The van der Waals surface area contributed by atoms with Gasteiger partial charge in [-0.2, -0.15) is 0 Å². The number of amides is 1. The summed E-state index contributed by atoms with van der Waals surface area (Å²) >= 11 is 0. The van der Waals surface area contributed by atoms with Gasteiger partial charge in [-0.3, -0.25) is 9.69 Å². The van der Waals surface area contributed by atoms with Crippen LogP contribution < -0.4 is 10.1 Å². The normalized spacial score (nSPS) is 10.6. The first-order valence-corrected chi connectivity index (χ1v) is 7.79. The molecule has 0 aromatic heterocycles. The predicted molar refractivity (Wildman–Crippen MR) is 92.5 cm³/mol. The van der Waals surface area contributed by atoms with E-state index in [0.29, 0.717) is 13.1 Å². The van der Waals surface area contributed by atoms with E-state index in [2.05, 4.69) is 17.4 Å². The monoisotopic (exact) mass is 312 g/mol. The lowest BCUT2D eigenvalue weighted by molar-refractivity contribution is -0.122. The summed E-state index contributed by atoms with van der Waals surface area (Å²) in [7, 11) is 3.61. The van der Waals surface area contributed by atoms with Crippen LogP contribution >= 0.6 is 0 Å². The molecular formula is C19H24N2O2. The number of ether oxygens (including phenoxy) is 1. The van der Waals surface area contributed by atoms with Gasteiger partial charge in [-0.05, 0) is 36.7 Å². The minimum atomic E-state index is 0.0475. The molecule has 0 radical (unpaired) electrons. The van der Waals surface area contributed by atoms with Crippen LogP contribution in [0.3, 0.4) is 0 Å². The van der Waals surface area contributed by atoms with E-state index < -0.39 is 0 Å². The van der Waals surface area contributed by atoms with Gasteiger partial charge >= 0.3 is 0 Å². The average Bonchev–Trinajstić information content (AvgIpc) is 2.56. The average molecular weight is 312 g/mol. The molecule has 1 N–H and O–H groups in total. The van der Waals surface area contributed by atoms with Crippen molar-refractivity contribution in [3.05, 3.63) is 65.7 Å².